The molecule has 1 atom stereocenters. The summed E-state index contributed by atoms with van der Waals surface area (Å²) in [5, 5.41) is 12.6. The number of sulfone groups is 1. The first-order chi connectivity index (χ1) is 15.8. The van der Waals surface area contributed by atoms with E-state index in [1.165, 1.54) is 10.6 Å². The van der Waals surface area contributed by atoms with Crippen molar-refractivity contribution in [3.63, 3.8) is 0 Å². The first-order valence-corrected chi connectivity index (χ1v) is 12.0. The van der Waals surface area contributed by atoms with E-state index >= 15 is 0 Å². The van der Waals surface area contributed by atoms with Crippen molar-refractivity contribution in [2.75, 3.05) is 11.5 Å². The van der Waals surface area contributed by atoms with Crippen LogP contribution in [0.3, 0.4) is 0 Å². The van der Waals surface area contributed by atoms with E-state index in [0.717, 1.165) is 6.08 Å². The molecule has 1 aromatic carbocycles. The number of benzene rings is 1. The number of hydrogen-bond donors (Lipinski definition) is 1. The van der Waals surface area contributed by atoms with Gasteiger partial charge in [-0.05, 0) is 48.9 Å². The average Bonchev–Trinajstić information content (AvgIpc) is 3.13. The lowest BCUT2D eigenvalue weighted by atomic mass is 10.1. The van der Waals surface area contributed by atoms with Gasteiger partial charge in [-0.25, -0.2) is 8.42 Å². The van der Waals surface area contributed by atoms with E-state index in [4.69, 9.17) is 16.3 Å². The Labute approximate surface area is 193 Å². The lowest BCUT2D eigenvalue weighted by Gasteiger charge is -2.12. The summed E-state index contributed by atoms with van der Waals surface area (Å²) in [6, 6.07) is 12.5. The number of amides is 1. The first kappa shape index (κ1) is 22.5. The second-order valence-electron chi connectivity index (χ2n) is 7.36. The highest BCUT2D eigenvalue weighted by Gasteiger charge is 2.29. The van der Waals surface area contributed by atoms with Crippen molar-refractivity contribution in [3.8, 4) is 17.7 Å². The highest BCUT2D eigenvalue weighted by atomic mass is 35.5. The molecule has 1 saturated heterocycles. The van der Waals surface area contributed by atoms with Crippen molar-refractivity contribution in [2.24, 2.45) is 0 Å². The van der Waals surface area contributed by atoms with Crippen LogP contribution in [0.4, 0.5) is 0 Å². The number of ether oxygens (including phenoxy) is 1. The van der Waals surface area contributed by atoms with Crippen molar-refractivity contribution in [1.82, 2.24) is 14.7 Å². The number of carbonyl (C=O) groups is 1. The van der Waals surface area contributed by atoms with Crippen LogP contribution >= 0.6 is 11.6 Å². The third kappa shape index (κ3) is 5.05. The summed E-state index contributed by atoms with van der Waals surface area (Å²) < 4.78 is 30.4. The molecule has 33 heavy (non-hydrogen) atoms. The van der Waals surface area contributed by atoms with Gasteiger partial charge in [0.2, 0.25) is 5.88 Å². The van der Waals surface area contributed by atoms with Gasteiger partial charge in [0.15, 0.2) is 9.84 Å². The monoisotopic (exact) mass is 484 g/mol. The maximum atomic E-state index is 13.2. The zero-order valence-electron chi connectivity index (χ0n) is 17.1. The highest BCUT2D eigenvalue weighted by Crippen LogP contribution is 2.25. The smallest absolute Gasteiger partial charge is 0.269 e. The van der Waals surface area contributed by atoms with E-state index < -0.39 is 27.3 Å². The predicted molar refractivity (Wildman–Crippen MR) is 122 cm³/mol. The minimum Gasteiger partial charge on any atom is -0.438 e. The van der Waals surface area contributed by atoms with Crippen molar-refractivity contribution >= 4 is 39.1 Å². The molecule has 1 unspecified atom stereocenters. The predicted octanol–water partition coefficient (Wildman–Crippen LogP) is 2.35. The van der Waals surface area contributed by atoms with Gasteiger partial charge in [-0.15, -0.1) is 0 Å². The van der Waals surface area contributed by atoms with Gasteiger partial charge < -0.3 is 10.1 Å². The fourth-order valence-corrected chi connectivity index (χ4v) is 5.16. The summed E-state index contributed by atoms with van der Waals surface area (Å²) in [6.45, 7) is 0. The van der Waals surface area contributed by atoms with Crippen molar-refractivity contribution < 1.29 is 17.9 Å². The fraction of sp³-hybridized carbons (Fsp3) is 0.182. The summed E-state index contributed by atoms with van der Waals surface area (Å²) in [5.74, 6) is -0.756. The molecule has 0 bridgehead atoms. The van der Waals surface area contributed by atoms with E-state index in [1.807, 2.05) is 0 Å². The number of rotatable bonds is 5. The Kier molecular flexibility index (Phi) is 6.18. The number of halogens is 1. The minimum absolute atomic E-state index is 0.0292. The quantitative estimate of drug-likeness (QED) is 0.434. The molecule has 1 aliphatic rings. The van der Waals surface area contributed by atoms with Crippen molar-refractivity contribution in [2.45, 2.75) is 12.5 Å². The van der Waals surface area contributed by atoms with Gasteiger partial charge in [-0.1, -0.05) is 17.7 Å². The topological polar surface area (TPSA) is 131 Å². The first-order valence-electron chi connectivity index (χ1n) is 9.83. The van der Waals surface area contributed by atoms with Crippen LogP contribution in [0.5, 0.6) is 11.6 Å². The average molecular weight is 485 g/mol. The zero-order chi connectivity index (χ0) is 23.6. The summed E-state index contributed by atoms with van der Waals surface area (Å²) in [7, 11) is -3.22. The fourth-order valence-electron chi connectivity index (χ4n) is 3.36. The number of hydrogen-bond acceptors (Lipinski definition) is 7. The van der Waals surface area contributed by atoms with Gasteiger partial charge in [0.1, 0.15) is 28.6 Å². The third-order valence-corrected chi connectivity index (χ3v) is 7.00. The van der Waals surface area contributed by atoms with E-state index in [9.17, 15) is 23.3 Å². The van der Waals surface area contributed by atoms with Crippen LogP contribution in [0.1, 0.15) is 12.0 Å². The summed E-state index contributed by atoms with van der Waals surface area (Å²) in [6.07, 6.45) is 2.86. The molecular formula is C22H17ClN4O5S. The SMILES string of the molecule is N#C/C(=C\c1c(Oc2ccc(Cl)cc2)nc2ccccn2c1=O)C(=O)NC1CCS(=O)(=O)C1. The maximum Gasteiger partial charge on any atom is 0.269 e. The van der Waals surface area contributed by atoms with Gasteiger partial charge in [0, 0.05) is 17.3 Å². The molecule has 4 rings (SSSR count). The van der Waals surface area contributed by atoms with Gasteiger partial charge >= 0.3 is 0 Å². The van der Waals surface area contributed by atoms with Gasteiger partial charge in [-0.2, -0.15) is 10.2 Å². The van der Waals surface area contributed by atoms with Crippen LogP contribution < -0.4 is 15.6 Å². The molecule has 3 heterocycles. The number of fused-ring (bicyclic) bond motifs is 1. The molecule has 1 amide bonds. The molecule has 9 nitrogen and oxygen atoms in total. The lowest BCUT2D eigenvalue weighted by molar-refractivity contribution is -0.117. The van der Waals surface area contributed by atoms with Crippen molar-refractivity contribution in [3.05, 3.63) is 75.2 Å². The number of nitriles is 1. The van der Waals surface area contributed by atoms with Crippen LogP contribution in [0.2, 0.25) is 5.02 Å². The standard InChI is InChI=1S/C22H17ClN4O5S/c23-15-4-6-17(7-5-15)32-21-18(22(29)27-9-2-1-3-19(27)26-21)11-14(12-24)20(28)25-16-8-10-33(30,31)13-16/h1-7,9,11,16H,8,10,13H2,(H,25,28)/b14-11+. The molecule has 0 aliphatic carbocycles. The van der Waals surface area contributed by atoms with Gasteiger partial charge in [0.05, 0.1) is 11.5 Å². The molecule has 3 aromatic rings. The Morgan fingerprint density at radius 2 is 2.03 bits per heavy atom. The van der Waals surface area contributed by atoms with Crippen LogP contribution in [-0.4, -0.2) is 41.3 Å². The summed E-state index contributed by atoms with van der Waals surface area (Å²) >= 11 is 5.91. The summed E-state index contributed by atoms with van der Waals surface area (Å²) in [4.78, 5) is 30.2. The number of nitrogens with one attached hydrogen (secondary N) is 1. The Hall–Kier alpha value is -3.68. The van der Waals surface area contributed by atoms with E-state index in [0.29, 0.717) is 16.4 Å². The third-order valence-electron chi connectivity index (χ3n) is 4.98. The lowest BCUT2D eigenvalue weighted by Crippen LogP contribution is -2.36. The Bertz CT molecular complexity index is 1470. The Morgan fingerprint density at radius 1 is 1.27 bits per heavy atom. The normalized spacial score (nSPS) is 17.5. The van der Waals surface area contributed by atoms with Crippen LogP contribution in [-0.2, 0) is 14.6 Å². The van der Waals surface area contributed by atoms with E-state index in [-0.39, 0.29) is 34.9 Å². The molecular weight excluding hydrogens is 468 g/mol. The molecule has 11 heteroatoms. The minimum atomic E-state index is -3.22. The van der Waals surface area contributed by atoms with Crippen LogP contribution in [0, 0.1) is 11.3 Å². The van der Waals surface area contributed by atoms with E-state index in [1.54, 1.807) is 48.5 Å². The highest BCUT2D eigenvalue weighted by molar-refractivity contribution is 7.91. The number of nitrogens with zero attached hydrogens (tertiary/aromatic N) is 3. The largest absolute Gasteiger partial charge is 0.438 e. The number of pyridine rings is 1. The maximum absolute atomic E-state index is 13.2. The van der Waals surface area contributed by atoms with Gasteiger partial charge in [-0.3, -0.25) is 14.0 Å². The summed E-state index contributed by atoms with van der Waals surface area (Å²) in [5.41, 5.74) is -0.731. The van der Waals surface area contributed by atoms with Crippen LogP contribution in [0.25, 0.3) is 11.7 Å². The molecule has 2 aromatic heterocycles. The Morgan fingerprint density at radius 3 is 2.70 bits per heavy atom. The number of aromatic nitrogens is 2. The second-order valence-corrected chi connectivity index (χ2v) is 10.0. The molecule has 1 N–H and O–H groups in total. The van der Waals surface area contributed by atoms with Crippen LogP contribution in [0.15, 0.2) is 59.0 Å². The zero-order valence-corrected chi connectivity index (χ0v) is 18.6. The van der Waals surface area contributed by atoms with Gasteiger partial charge in [0.25, 0.3) is 11.5 Å². The Balaban J connectivity index is 1.75. The molecule has 0 spiro atoms. The van der Waals surface area contributed by atoms with Crippen molar-refractivity contribution in [1.29, 1.82) is 5.26 Å². The molecule has 1 fully saturated rings. The molecule has 0 radical (unpaired) electrons. The second kappa shape index (κ2) is 9.05. The molecule has 168 valence electrons. The number of carbonyl (C=O) groups excluding carboxylic acids is 1. The molecule has 1 aliphatic heterocycles. The van der Waals surface area contributed by atoms with E-state index in [2.05, 4.69) is 10.3 Å². The molecule has 0 saturated carbocycles.